The number of hydrogen-bond acceptors (Lipinski definition) is 4. The molecule has 4 rings (SSSR count). The molecular weight excluding hydrogens is 384 g/mol. The van der Waals surface area contributed by atoms with Crippen LogP contribution in [0.5, 0.6) is 0 Å². The minimum Gasteiger partial charge on any atom is -0.481 e. The van der Waals surface area contributed by atoms with Crippen molar-refractivity contribution in [2.45, 2.75) is 18.8 Å². The van der Waals surface area contributed by atoms with Gasteiger partial charge in [-0.15, -0.1) is 0 Å². The van der Waals surface area contributed by atoms with E-state index in [9.17, 15) is 14.4 Å². The number of fused-ring (bicyclic) bond motifs is 3. The zero-order valence-corrected chi connectivity index (χ0v) is 16.5. The summed E-state index contributed by atoms with van der Waals surface area (Å²) in [7, 11) is 0. The monoisotopic (exact) mass is 408 g/mol. The van der Waals surface area contributed by atoms with Gasteiger partial charge in [0.2, 0.25) is 5.91 Å². The summed E-state index contributed by atoms with van der Waals surface area (Å²) in [6, 6.07) is 16.2. The van der Waals surface area contributed by atoms with Crippen LogP contribution in [0.3, 0.4) is 0 Å². The quantitative estimate of drug-likeness (QED) is 0.717. The number of likely N-dealkylation sites (tertiary alicyclic amines) is 1. The second kappa shape index (κ2) is 8.57. The Kier molecular flexibility index (Phi) is 5.70. The van der Waals surface area contributed by atoms with Gasteiger partial charge in [-0.1, -0.05) is 48.5 Å². The van der Waals surface area contributed by atoms with Crippen LogP contribution >= 0.6 is 0 Å². The lowest BCUT2D eigenvalue weighted by atomic mass is 9.97. The van der Waals surface area contributed by atoms with E-state index in [4.69, 9.17) is 9.84 Å². The number of nitrogens with one attached hydrogen (secondary N) is 1. The van der Waals surface area contributed by atoms with Crippen LogP contribution in [-0.2, 0) is 14.3 Å². The summed E-state index contributed by atoms with van der Waals surface area (Å²) in [6.45, 7) is 1.22. The molecule has 1 heterocycles. The molecule has 0 saturated carbocycles. The van der Waals surface area contributed by atoms with Crippen molar-refractivity contribution in [1.82, 2.24) is 10.2 Å². The fourth-order valence-electron chi connectivity index (χ4n) is 4.33. The van der Waals surface area contributed by atoms with Crippen LogP contribution in [0.4, 0.5) is 4.79 Å². The summed E-state index contributed by atoms with van der Waals surface area (Å²) >= 11 is 0. The Morgan fingerprint density at radius 2 is 1.70 bits per heavy atom. The van der Waals surface area contributed by atoms with Gasteiger partial charge in [-0.25, -0.2) is 4.79 Å². The lowest BCUT2D eigenvalue weighted by Crippen LogP contribution is -2.47. The predicted octanol–water partition coefficient (Wildman–Crippen LogP) is 2.85. The third-order valence-corrected chi connectivity index (χ3v) is 5.82. The lowest BCUT2D eigenvalue weighted by Gasteiger charge is -2.30. The number of aliphatic carboxylic acids is 1. The van der Waals surface area contributed by atoms with Crippen LogP contribution in [0, 0.1) is 5.92 Å². The fourth-order valence-corrected chi connectivity index (χ4v) is 4.33. The van der Waals surface area contributed by atoms with E-state index < -0.39 is 18.0 Å². The molecule has 2 aromatic carbocycles. The van der Waals surface area contributed by atoms with Gasteiger partial charge >= 0.3 is 12.1 Å². The number of hydrogen-bond donors (Lipinski definition) is 2. The van der Waals surface area contributed by atoms with Crippen molar-refractivity contribution in [2.75, 3.05) is 26.2 Å². The highest BCUT2D eigenvalue weighted by atomic mass is 16.5. The average molecular weight is 408 g/mol. The van der Waals surface area contributed by atoms with E-state index in [0.29, 0.717) is 19.4 Å². The second-order valence-electron chi connectivity index (χ2n) is 7.61. The van der Waals surface area contributed by atoms with Crippen molar-refractivity contribution >= 4 is 18.0 Å². The first-order valence-corrected chi connectivity index (χ1v) is 10.2. The first-order valence-electron chi connectivity index (χ1n) is 10.2. The van der Waals surface area contributed by atoms with Gasteiger partial charge in [0.1, 0.15) is 12.5 Å². The first-order chi connectivity index (χ1) is 14.6. The maximum atomic E-state index is 12.2. The molecule has 1 fully saturated rings. The lowest BCUT2D eigenvalue weighted by molar-refractivity contribution is -0.153. The van der Waals surface area contributed by atoms with Crippen molar-refractivity contribution in [3.05, 3.63) is 59.7 Å². The van der Waals surface area contributed by atoms with E-state index >= 15 is 0 Å². The van der Waals surface area contributed by atoms with Crippen molar-refractivity contribution in [2.24, 2.45) is 5.92 Å². The van der Waals surface area contributed by atoms with Crippen molar-refractivity contribution in [1.29, 1.82) is 0 Å². The number of piperidine rings is 1. The molecule has 0 bridgehead atoms. The molecule has 2 amide bonds. The highest BCUT2D eigenvalue weighted by Gasteiger charge is 2.34. The summed E-state index contributed by atoms with van der Waals surface area (Å²) in [5, 5.41) is 11.8. The second-order valence-corrected chi connectivity index (χ2v) is 7.61. The number of carboxylic acid groups (broad SMARTS) is 1. The Bertz CT molecular complexity index is 928. The van der Waals surface area contributed by atoms with Crippen LogP contribution in [0.15, 0.2) is 48.5 Å². The number of amides is 2. The summed E-state index contributed by atoms with van der Waals surface area (Å²) in [5.74, 6) is -2.46. The molecule has 2 N–H and O–H groups in total. The number of ether oxygens (including phenoxy) is 1. The van der Waals surface area contributed by atoms with E-state index in [1.165, 1.54) is 16.0 Å². The van der Waals surface area contributed by atoms with Crippen molar-refractivity contribution in [3.8, 4) is 11.1 Å². The number of carboxylic acids is 1. The third kappa shape index (κ3) is 3.87. The standard InChI is InChI=1S/C23H24N2O5/c26-21-19(22(27)28)10-5-12-25(21)13-11-24-23(29)30-14-20-17-8-3-1-6-15(17)16-7-2-4-9-18(16)20/h1-4,6-9,19-20H,5,10-14H2,(H,24,29)(H,27,28). The summed E-state index contributed by atoms with van der Waals surface area (Å²) in [5.41, 5.74) is 4.62. The van der Waals surface area contributed by atoms with Crippen LogP contribution < -0.4 is 5.32 Å². The molecule has 1 saturated heterocycles. The van der Waals surface area contributed by atoms with Crippen molar-refractivity contribution < 1.29 is 24.2 Å². The van der Waals surface area contributed by atoms with E-state index in [-0.39, 0.29) is 31.5 Å². The van der Waals surface area contributed by atoms with Crippen LogP contribution in [0.1, 0.15) is 29.9 Å². The molecule has 0 radical (unpaired) electrons. The maximum Gasteiger partial charge on any atom is 0.407 e. The molecule has 1 aliphatic heterocycles. The number of benzene rings is 2. The summed E-state index contributed by atoms with van der Waals surface area (Å²) < 4.78 is 5.47. The van der Waals surface area contributed by atoms with Crippen LogP contribution in [0.25, 0.3) is 11.1 Å². The highest BCUT2D eigenvalue weighted by Crippen LogP contribution is 2.44. The van der Waals surface area contributed by atoms with Gasteiger partial charge in [-0.05, 0) is 35.1 Å². The van der Waals surface area contributed by atoms with E-state index in [1.54, 1.807) is 0 Å². The zero-order valence-electron chi connectivity index (χ0n) is 16.5. The number of carbonyl (C=O) groups excluding carboxylic acids is 2. The molecule has 1 aliphatic carbocycles. The molecule has 1 unspecified atom stereocenters. The highest BCUT2D eigenvalue weighted by molar-refractivity contribution is 5.97. The first kappa shape index (κ1) is 19.9. The van der Waals surface area contributed by atoms with Gasteiger partial charge in [-0.3, -0.25) is 9.59 Å². The molecule has 0 aromatic heterocycles. The smallest absolute Gasteiger partial charge is 0.407 e. The molecule has 7 heteroatoms. The summed E-state index contributed by atoms with van der Waals surface area (Å²) in [6.07, 6.45) is 0.467. The number of nitrogens with zero attached hydrogens (tertiary/aromatic N) is 1. The van der Waals surface area contributed by atoms with E-state index in [2.05, 4.69) is 29.6 Å². The van der Waals surface area contributed by atoms with Crippen LogP contribution in [0.2, 0.25) is 0 Å². The molecule has 30 heavy (non-hydrogen) atoms. The fraction of sp³-hybridized carbons (Fsp3) is 0.348. The Labute approximate surface area is 174 Å². The third-order valence-electron chi connectivity index (χ3n) is 5.82. The molecule has 1 atom stereocenters. The Hall–Kier alpha value is -3.35. The Morgan fingerprint density at radius 1 is 1.07 bits per heavy atom. The van der Waals surface area contributed by atoms with Gasteiger partial charge in [0.05, 0.1) is 0 Å². The van der Waals surface area contributed by atoms with Gasteiger partial charge in [0, 0.05) is 25.6 Å². The molecule has 2 aromatic rings. The van der Waals surface area contributed by atoms with E-state index in [0.717, 1.165) is 11.1 Å². The number of alkyl carbamates (subject to hydrolysis) is 1. The van der Waals surface area contributed by atoms with Gasteiger partial charge in [0.15, 0.2) is 0 Å². The minimum absolute atomic E-state index is 0.0110. The zero-order chi connectivity index (χ0) is 21.1. The topological polar surface area (TPSA) is 95.9 Å². The maximum absolute atomic E-state index is 12.2. The van der Waals surface area contributed by atoms with Gasteiger partial charge in [-0.2, -0.15) is 0 Å². The SMILES string of the molecule is O=C(NCCN1CCCC(C(=O)O)C1=O)OCC1c2ccccc2-c2ccccc21. The normalized spacial score (nSPS) is 17.9. The van der Waals surface area contributed by atoms with Crippen molar-refractivity contribution in [3.63, 3.8) is 0 Å². The van der Waals surface area contributed by atoms with Crippen LogP contribution in [-0.4, -0.2) is 54.2 Å². The summed E-state index contributed by atoms with van der Waals surface area (Å²) in [4.78, 5) is 37.0. The number of carbonyl (C=O) groups is 3. The van der Waals surface area contributed by atoms with Gasteiger partial charge < -0.3 is 20.1 Å². The minimum atomic E-state index is -1.09. The molecule has 7 nitrogen and oxygen atoms in total. The predicted molar refractivity (Wildman–Crippen MR) is 110 cm³/mol. The Morgan fingerprint density at radius 3 is 2.33 bits per heavy atom. The average Bonchev–Trinajstić information content (AvgIpc) is 3.07. The Balaban J connectivity index is 1.30. The molecule has 2 aliphatic rings. The molecular formula is C23H24N2O5. The largest absolute Gasteiger partial charge is 0.481 e. The molecule has 0 spiro atoms. The van der Waals surface area contributed by atoms with E-state index in [1.807, 2.05) is 24.3 Å². The van der Waals surface area contributed by atoms with Gasteiger partial charge in [0.25, 0.3) is 0 Å². The molecule has 156 valence electrons. The number of rotatable bonds is 6.